The Morgan fingerprint density at radius 3 is 2.23 bits per heavy atom. The van der Waals surface area contributed by atoms with E-state index in [1.165, 1.54) is 22.2 Å². The molecule has 1 heterocycles. The molecule has 3 aromatic carbocycles. The van der Waals surface area contributed by atoms with Crippen LogP contribution in [-0.2, 0) is 0 Å². The van der Waals surface area contributed by atoms with Crippen LogP contribution in [0.2, 0.25) is 0 Å². The molecule has 1 aromatic heterocycles. The quantitative estimate of drug-likeness (QED) is 0.465. The molecule has 0 spiro atoms. The van der Waals surface area contributed by atoms with Gasteiger partial charge >= 0.3 is 0 Å². The normalized spacial score (nSPS) is 11.3. The smallest absolute Gasteiger partial charge is 0.0724 e. The first kappa shape index (κ1) is 16.2. The molecule has 0 saturated heterocycles. The second-order valence-electron chi connectivity index (χ2n) is 6.50. The number of nitrogens with zero attached hydrogens (tertiary/aromatic N) is 3. The van der Waals surface area contributed by atoms with Crippen molar-refractivity contribution in [2.45, 2.75) is 0 Å². The standard InChI is InChI=1S/C23H21N3/c1-25(2)20-14-12-18(13-15-20)16-24-26-17-22(19-8-4-3-5-9-19)21-10-6-7-11-23(21)26/h3-17H,1-2H3. The zero-order valence-electron chi connectivity index (χ0n) is 15.0. The van der Waals surface area contributed by atoms with Gasteiger partial charge in [0.15, 0.2) is 0 Å². The van der Waals surface area contributed by atoms with Gasteiger partial charge in [0.1, 0.15) is 0 Å². The average molecular weight is 339 g/mol. The van der Waals surface area contributed by atoms with Crippen LogP contribution in [0.4, 0.5) is 5.69 Å². The van der Waals surface area contributed by atoms with Crippen molar-refractivity contribution in [3.8, 4) is 11.1 Å². The number of aromatic nitrogens is 1. The number of hydrogen-bond acceptors (Lipinski definition) is 2. The molecule has 128 valence electrons. The van der Waals surface area contributed by atoms with Crippen LogP contribution in [0.15, 0.2) is 90.2 Å². The molecule has 0 radical (unpaired) electrons. The van der Waals surface area contributed by atoms with Gasteiger partial charge in [0.2, 0.25) is 0 Å². The predicted molar refractivity (Wildman–Crippen MR) is 111 cm³/mol. The molecule has 26 heavy (non-hydrogen) atoms. The van der Waals surface area contributed by atoms with Crippen LogP contribution in [-0.4, -0.2) is 25.0 Å². The summed E-state index contributed by atoms with van der Waals surface area (Å²) in [5.74, 6) is 0. The van der Waals surface area contributed by atoms with E-state index >= 15 is 0 Å². The molecule has 0 N–H and O–H groups in total. The lowest BCUT2D eigenvalue weighted by atomic mass is 10.1. The van der Waals surface area contributed by atoms with Crippen LogP contribution < -0.4 is 4.90 Å². The lowest BCUT2D eigenvalue weighted by Gasteiger charge is -2.11. The van der Waals surface area contributed by atoms with E-state index in [1.807, 2.05) is 31.1 Å². The summed E-state index contributed by atoms with van der Waals surface area (Å²) in [6.45, 7) is 0. The van der Waals surface area contributed by atoms with Crippen molar-refractivity contribution >= 4 is 22.8 Å². The molecule has 0 aliphatic rings. The maximum absolute atomic E-state index is 4.70. The maximum Gasteiger partial charge on any atom is 0.0724 e. The molecule has 0 atom stereocenters. The number of anilines is 1. The van der Waals surface area contributed by atoms with Gasteiger partial charge in [-0.15, -0.1) is 0 Å². The van der Waals surface area contributed by atoms with Crippen LogP contribution in [0.1, 0.15) is 5.56 Å². The second kappa shape index (κ2) is 6.89. The molecule has 0 unspecified atom stereocenters. The van der Waals surface area contributed by atoms with Crippen LogP contribution in [0, 0.1) is 0 Å². The summed E-state index contributed by atoms with van der Waals surface area (Å²) < 4.78 is 1.96. The highest BCUT2D eigenvalue weighted by atomic mass is 15.3. The molecular formula is C23H21N3. The van der Waals surface area contributed by atoms with Gasteiger partial charge in [0.05, 0.1) is 11.7 Å². The van der Waals surface area contributed by atoms with E-state index < -0.39 is 0 Å². The molecule has 4 aromatic rings. The topological polar surface area (TPSA) is 20.5 Å². The summed E-state index contributed by atoms with van der Waals surface area (Å²) in [6, 6.07) is 27.2. The summed E-state index contributed by atoms with van der Waals surface area (Å²) in [5, 5.41) is 5.91. The molecule has 0 amide bonds. The van der Waals surface area contributed by atoms with E-state index in [2.05, 4.69) is 83.9 Å². The monoisotopic (exact) mass is 339 g/mol. The van der Waals surface area contributed by atoms with E-state index in [0.29, 0.717) is 0 Å². The van der Waals surface area contributed by atoms with Crippen molar-refractivity contribution in [3.05, 3.63) is 90.6 Å². The molecule has 3 nitrogen and oxygen atoms in total. The van der Waals surface area contributed by atoms with Gasteiger partial charge in [-0.05, 0) is 29.3 Å². The van der Waals surface area contributed by atoms with Gasteiger partial charge in [0, 0.05) is 36.9 Å². The van der Waals surface area contributed by atoms with E-state index in [9.17, 15) is 0 Å². The maximum atomic E-state index is 4.70. The van der Waals surface area contributed by atoms with Crippen LogP contribution in [0.3, 0.4) is 0 Å². The van der Waals surface area contributed by atoms with Gasteiger partial charge < -0.3 is 4.90 Å². The van der Waals surface area contributed by atoms with Crippen molar-refractivity contribution < 1.29 is 0 Å². The Hall–Kier alpha value is -3.33. The van der Waals surface area contributed by atoms with Gasteiger partial charge in [-0.25, -0.2) is 4.68 Å². The average Bonchev–Trinajstić information content (AvgIpc) is 3.06. The third kappa shape index (κ3) is 3.11. The summed E-state index contributed by atoms with van der Waals surface area (Å²) in [5.41, 5.74) is 5.76. The molecule has 3 heteroatoms. The lowest BCUT2D eigenvalue weighted by molar-refractivity contribution is 0.934. The zero-order valence-corrected chi connectivity index (χ0v) is 15.0. The molecule has 4 rings (SSSR count). The van der Waals surface area contributed by atoms with E-state index in [4.69, 9.17) is 5.10 Å². The summed E-state index contributed by atoms with van der Waals surface area (Å²) in [4.78, 5) is 2.09. The number of rotatable bonds is 4. The highest BCUT2D eigenvalue weighted by molar-refractivity contribution is 5.96. The SMILES string of the molecule is CN(C)c1ccc(C=Nn2cc(-c3ccccc3)c3ccccc32)cc1. The van der Waals surface area contributed by atoms with Gasteiger partial charge in [-0.2, -0.15) is 5.10 Å². The Balaban J connectivity index is 1.73. The van der Waals surface area contributed by atoms with Crippen molar-refractivity contribution in [2.24, 2.45) is 5.10 Å². The van der Waals surface area contributed by atoms with Crippen LogP contribution in [0.25, 0.3) is 22.0 Å². The first-order chi connectivity index (χ1) is 12.7. The first-order valence-electron chi connectivity index (χ1n) is 8.69. The highest BCUT2D eigenvalue weighted by Crippen LogP contribution is 2.30. The lowest BCUT2D eigenvalue weighted by Crippen LogP contribution is -2.08. The third-order valence-corrected chi connectivity index (χ3v) is 4.52. The number of para-hydroxylation sites is 1. The number of benzene rings is 3. The Morgan fingerprint density at radius 1 is 0.808 bits per heavy atom. The molecule has 0 aliphatic heterocycles. The van der Waals surface area contributed by atoms with Gasteiger partial charge in [-0.1, -0.05) is 60.7 Å². The van der Waals surface area contributed by atoms with E-state index in [0.717, 1.165) is 11.1 Å². The first-order valence-corrected chi connectivity index (χ1v) is 8.69. The second-order valence-corrected chi connectivity index (χ2v) is 6.50. The van der Waals surface area contributed by atoms with Crippen LogP contribution >= 0.6 is 0 Å². The largest absolute Gasteiger partial charge is 0.378 e. The van der Waals surface area contributed by atoms with E-state index in [-0.39, 0.29) is 0 Å². The van der Waals surface area contributed by atoms with Gasteiger partial charge in [0.25, 0.3) is 0 Å². The minimum Gasteiger partial charge on any atom is -0.378 e. The molecule has 0 fully saturated rings. The zero-order chi connectivity index (χ0) is 17.9. The highest BCUT2D eigenvalue weighted by Gasteiger charge is 2.08. The molecule has 0 saturated carbocycles. The summed E-state index contributed by atoms with van der Waals surface area (Å²) in [7, 11) is 4.08. The van der Waals surface area contributed by atoms with Crippen molar-refractivity contribution in [1.29, 1.82) is 0 Å². The fraction of sp³-hybridized carbons (Fsp3) is 0.0870. The fourth-order valence-corrected chi connectivity index (χ4v) is 3.09. The third-order valence-electron chi connectivity index (χ3n) is 4.52. The van der Waals surface area contributed by atoms with Gasteiger partial charge in [-0.3, -0.25) is 0 Å². The van der Waals surface area contributed by atoms with Crippen LogP contribution in [0.5, 0.6) is 0 Å². The minimum absolute atomic E-state index is 1.08. The van der Waals surface area contributed by atoms with Crippen molar-refractivity contribution in [2.75, 3.05) is 19.0 Å². The predicted octanol–water partition coefficient (Wildman–Crippen LogP) is 5.26. The minimum atomic E-state index is 1.08. The summed E-state index contributed by atoms with van der Waals surface area (Å²) in [6.07, 6.45) is 4.01. The van der Waals surface area contributed by atoms with Crippen molar-refractivity contribution in [3.63, 3.8) is 0 Å². The Labute approximate surface area is 153 Å². The number of fused-ring (bicyclic) bond motifs is 1. The Morgan fingerprint density at radius 2 is 1.50 bits per heavy atom. The van der Waals surface area contributed by atoms with Crippen molar-refractivity contribution in [1.82, 2.24) is 4.68 Å². The fourth-order valence-electron chi connectivity index (χ4n) is 3.09. The molecule has 0 aliphatic carbocycles. The Kier molecular flexibility index (Phi) is 4.28. The van der Waals surface area contributed by atoms with E-state index in [1.54, 1.807) is 0 Å². The molecular weight excluding hydrogens is 318 g/mol. The summed E-state index contributed by atoms with van der Waals surface area (Å²) >= 11 is 0. The number of hydrogen-bond donors (Lipinski definition) is 0. The molecule has 0 bridgehead atoms. The Bertz CT molecular complexity index is 1040.